The van der Waals surface area contributed by atoms with E-state index in [2.05, 4.69) is 26.1 Å². The molecule has 2 N–H and O–H groups in total. The fourth-order valence-corrected chi connectivity index (χ4v) is 3.01. The lowest BCUT2D eigenvalue weighted by Gasteiger charge is -2.44. The van der Waals surface area contributed by atoms with Gasteiger partial charge in [0.15, 0.2) is 0 Å². The highest BCUT2D eigenvalue weighted by Gasteiger charge is 2.50. The normalized spacial score (nSPS) is 34.9. The molecule has 0 aromatic rings. The van der Waals surface area contributed by atoms with Crippen molar-refractivity contribution in [3.63, 3.8) is 0 Å². The molecule has 0 radical (unpaired) electrons. The first kappa shape index (κ1) is 11.7. The van der Waals surface area contributed by atoms with Gasteiger partial charge in [0.1, 0.15) is 0 Å². The molecule has 4 nitrogen and oxygen atoms in total. The van der Waals surface area contributed by atoms with Crippen molar-refractivity contribution in [2.24, 2.45) is 5.41 Å². The van der Waals surface area contributed by atoms with E-state index < -0.39 is 6.09 Å². The highest BCUT2D eigenvalue weighted by Crippen LogP contribution is 2.41. The number of fused-ring (bicyclic) bond motifs is 2. The molecule has 2 aliphatic heterocycles. The molecule has 4 heteroatoms. The van der Waals surface area contributed by atoms with E-state index in [1.165, 1.54) is 6.42 Å². The van der Waals surface area contributed by atoms with E-state index in [9.17, 15) is 4.79 Å². The summed E-state index contributed by atoms with van der Waals surface area (Å²) in [5.74, 6) is 0. The van der Waals surface area contributed by atoms with Gasteiger partial charge in [-0.25, -0.2) is 4.79 Å². The van der Waals surface area contributed by atoms with Crippen LogP contribution in [0.25, 0.3) is 0 Å². The smallest absolute Gasteiger partial charge is 0.407 e. The Morgan fingerprint density at radius 2 is 2.12 bits per heavy atom. The quantitative estimate of drug-likeness (QED) is 0.663. The Morgan fingerprint density at radius 1 is 1.44 bits per heavy atom. The van der Waals surface area contributed by atoms with E-state index >= 15 is 0 Å². The molecule has 2 atom stereocenters. The topological polar surface area (TPSA) is 52.6 Å². The van der Waals surface area contributed by atoms with Crippen LogP contribution in [0.1, 0.15) is 40.0 Å². The van der Waals surface area contributed by atoms with Crippen LogP contribution in [-0.2, 0) is 0 Å². The first-order chi connectivity index (χ1) is 7.34. The maximum Gasteiger partial charge on any atom is 0.407 e. The second kappa shape index (κ2) is 3.62. The lowest BCUT2D eigenvalue weighted by molar-refractivity contribution is 0.0933. The predicted octanol–water partition coefficient (Wildman–Crippen LogP) is 1.91. The summed E-state index contributed by atoms with van der Waals surface area (Å²) < 4.78 is 0. The van der Waals surface area contributed by atoms with Gasteiger partial charge in [-0.1, -0.05) is 20.8 Å². The van der Waals surface area contributed by atoms with Crippen LogP contribution < -0.4 is 5.32 Å². The van der Waals surface area contributed by atoms with Gasteiger partial charge in [-0.05, 0) is 24.7 Å². The van der Waals surface area contributed by atoms with Crippen molar-refractivity contribution >= 4 is 6.09 Å². The Labute approximate surface area is 97.0 Å². The lowest BCUT2D eigenvalue weighted by Crippen LogP contribution is -2.58. The van der Waals surface area contributed by atoms with Gasteiger partial charge in [-0.15, -0.1) is 0 Å². The lowest BCUT2D eigenvalue weighted by atomic mass is 9.72. The number of amides is 1. The zero-order chi connectivity index (χ0) is 12.0. The molecule has 0 aliphatic carbocycles. The molecule has 0 aromatic carbocycles. The highest BCUT2D eigenvalue weighted by molar-refractivity contribution is 5.65. The fourth-order valence-electron chi connectivity index (χ4n) is 3.01. The first-order valence-electron chi connectivity index (χ1n) is 6.10. The standard InChI is InChI=1S/C12H22N2O2/c1-11(2,3)12-6-4-9(13-12)5-7-14(8-12)10(15)16/h9,13H,4-8H2,1-3H3,(H,15,16). The molecule has 0 spiro atoms. The van der Waals surface area contributed by atoms with Crippen LogP contribution >= 0.6 is 0 Å². The van der Waals surface area contributed by atoms with Crippen molar-refractivity contribution in [2.75, 3.05) is 13.1 Å². The van der Waals surface area contributed by atoms with E-state index in [1.807, 2.05) is 0 Å². The molecule has 2 rings (SSSR count). The average Bonchev–Trinajstić information content (AvgIpc) is 2.41. The third-order valence-corrected chi connectivity index (χ3v) is 4.31. The first-order valence-corrected chi connectivity index (χ1v) is 6.10. The van der Waals surface area contributed by atoms with Crippen molar-refractivity contribution in [2.45, 2.75) is 51.6 Å². The van der Waals surface area contributed by atoms with Gasteiger partial charge < -0.3 is 15.3 Å². The number of nitrogens with zero attached hydrogens (tertiary/aromatic N) is 1. The number of carbonyl (C=O) groups is 1. The second-order valence-corrected chi connectivity index (χ2v) is 6.20. The van der Waals surface area contributed by atoms with Crippen LogP contribution in [0.2, 0.25) is 0 Å². The van der Waals surface area contributed by atoms with Crippen molar-refractivity contribution in [1.29, 1.82) is 0 Å². The molecule has 2 unspecified atom stereocenters. The molecule has 2 aliphatic rings. The van der Waals surface area contributed by atoms with Crippen molar-refractivity contribution in [3.05, 3.63) is 0 Å². The van der Waals surface area contributed by atoms with Crippen LogP contribution in [0.15, 0.2) is 0 Å². The average molecular weight is 226 g/mol. The van der Waals surface area contributed by atoms with Gasteiger partial charge >= 0.3 is 6.09 Å². The van der Waals surface area contributed by atoms with Crippen LogP contribution in [0, 0.1) is 5.41 Å². The second-order valence-electron chi connectivity index (χ2n) is 6.20. The minimum absolute atomic E-state index is 0.0352. The van der Waals surface area contributed by atoms with Gasteiger partial charge in [-0.3, -0.25) is 0 Å². The molecule has 1 amide bonds. The monoisotopic (exact) mass is 226 g/mol. The van der Waals surface area contributed by atoms with Crippen LogP contribution in [0.5, 0.6) is 0 Å². The van der Waals surface area contributed by atoms with E-state index in [4.69, 9.17) is 5.11 Å². The van der Waals surface area contributed by atoms with Gasteiger partial charge in [0.05, 0.1) is 0 Å². The number of carboxylic acid groups (broad SMARTS) is 1. The van der Waals surface area contributed by atoms with Crippen LogP contribution in [0.3, 0.4) is 0 Å². The van der Waals surface area contributed by atoms with Crippen molar-refractivity contribution in [1.82, 2.24) is 10.2 Å². The van der Waals surface area contributed by atoms with Gasteiger partial charge in [0, 0.05) is 24.7 Å². The summed E-state index contributed by atoms with van der Waals surface area (Å²) >= 11 is 0. The highest BCUT2D eigenvalue weighted by atomic mass is 16.4. The molecular formula is C12H22N2O2. The molecule has 0 aromatic heterocycles. The number of nitrogens with one attached hydrogen (secondary N) is 1. The third-order valence-electron chi connectivity index (χ3n) is 4.31. The zero-order valence-corrected chi connectivity index (χ0v) is 10.4. The third kappa shape index (κ3) is 1.79. The van der Waals surface area contributed by atoms with E-state index in [-0.39, 0.29) is 11.0 Å². The molecule has 0 saturated carbocycles. The SMILES string of the molecule is CC(C)(C)C12CCC(CCN(C(=O)O)C1)N2. The molecule has 2 fully saturated rings. The summed E-state index contributed by atoms with van der Waals surface area (Å²) in [6.45, 7) is 7.91. The van der Waals surface area contributed by atoms with Gasteiger partial charge in [-0.2, -0.15) is 0 Å². The Morgan fingerprint density at radius 3 is 2.69 bits per heavy atom. The zero-order valence-electron chi connectivity index (χ0n) is 10.4. The van der Waals surface area contributed by atoms with Crippen molar-refractivity contribution in [3.8, 4) is 0 Å². The molecule has 92 valence electrons. The summed E-state index contributed by atoms with van der Waals surface area (Å²) in [6.07, 6.45) is 2.44. The Balaban J connectivity index is 2.26. The maximum absolute atomic E-state index is 11.2. The summed E-state index contributed by atoms with van der Waals surface area (Å²) in [5.41, 5.74) is 0.0619. The fraction of sp³-hybridized carbons (Fsp3) is 0.917. The molecular weight excluding hydrogens is 204 g/mol. The van der Waals surface area contributed by atoms with E-state index in [1.54, 1.807) is 4.90 Å². The number of hydrogen-bond acceptors (Lipinski definition) is 2. The summed E-state index contributed by atoms with van der Waals surface area (Å²) in [7, 11) is 0. The molecule has 2 heterocycles. The summed E-state index contributed by atoms with van der Waals surface area (Å²) in [5, 5.41) is 12.9. The Hall–Kier alpha value is -0.770. The Kier molecular flexibility index (Phi) is 2.65. The molecule has 2 saturated heterocycles. The van der Waals surface area contributed by atoms with Crippen LogP contribution in [-0.4, -0.2) is 40.8 Å². The molecule has 16 heavy (non-hydrogen) atoms. The van der Waals surface area contributed by atoms with Crippen molar-refractivity contribution < 1.29 is 9.90 Å². The molecule has 2 bridgehead atoms. The largest absolute Gasteiger partial charge is 0.465 e. The van der Waals surface area contributed by atoms with Gasteiger partial charge in [0.2, 0.25) is 0 Å². The summed E-state index contributed by atoms with van der Waals surface area (Å²) in [4.78, 5) is 12.7. The van der Waals surface area contributed by atoms with Gasteiger partial charge in [0.25, 0.3) is 0 Å². The van der Waals surface area contributed by atoms with E-state index in [0.717, 1.165) is 12.8 Å². The van der Waals surface area contributed by atoms with Crippen LogP contribution in [0.4, 0.5) is 4.79 Å². The maximum atomic E-state index is 11.2. The summed E-state index contributed by atoms with van der Waals surface area (Å²) in [6, 6.07) is 0.503. The number of hydrogen-bond donors (Lipinski definition) is 2. The number of rotatable bonds is 0. The minimum Gasteiger partial charge on any atom is -0.465 e. The number of likely N-dealkylation sites (tertiary alicyclic amines) is 1. The Bertz CT molecular complexity index is 298. The van der Waals surface area contributed by atoms with E-state index in [0.29, 0.717) is 19.1 Å². The minimum atomic E-state index is -0.780. The predicted molar refractivity (Wildman–Crippen MR) is 62.6 cm³/mol.